The van der Waals surface area contributed by atoms with Crippen LogP contribution in [-0.4, -0.2) is 44.8 Å². The SMILES string of the molecule is CN(CCS(C)(=O)=O)C(=O)c1ccc(F)c(Br)c1. The molecule has 7 heteroatoms. The van der Waals surface area contributed by atoms with Crippen LogP contribution in [-0.2, 0) is 9.84 Å². The van der Waals surface area contributed by atoms with Gasteiger partial charge in [0.2, 0.25) is 0 Å². The van der Waals surface area contributed by atoms with Gasteiger partial charge in [0.05, 0.1) is 10.2 Å². The Morgan fingerprint density at radius 2 is 2.06 bits per heavy atom. The first-order valence-electron chi connectivity index (χ1n) is 5.09. The first kappa shape index (κ1) is 15.1. The van der Waals surface area contributed by atoms with E-state index in [1.807, 2.05) is 0 Å². The maximum Gasteiger partial charge on any atom is 0.253 e. The molecule has 0 N–H and O–H groups in total. The van der Waals surface area contributed by atoms with Crippen molar-refractivity contribution in [2.45, 2.75) is 0 Å². The molecule has 0 aliphatic rings. The summed E-state index contributed by atoms with van der Waals surface area (Å²) < 4.78 is 35.2. The van der Waals surface area contributed by atoms with Gasteiger partial charge in [-0.05, 0) is 34.1 Å². The Bertz CT molecular complexity index is 559. The highest BCUT2D eigenvalue weighted by Crippen LogP contribution is 2.17. The Hall–Kier alpha value is -0.950. The zero-order valence-electron chi connectivity index (χ0n) is 9.98. The Morgan fingerprint density at radius 1 is 1.44 bits per heavy atom. The van der Waals surface area contributed by atoms with Gasteiger partial charge in [-0.15, -0.1) is 0 Å². The van der Waals surface area contributed by atoms with Crippen LogP contribution in [0.15, 0.2) is 22.7 Å². The topological polar surface area (TPSA) is 54.5 Å². The lowest BCUT2D eigenvalue weighted by atomic mass is 10.2. The van der Waals surface area contributed by atoms with Gasteiger partial charge in [-0.25, -0.2) is 12.8 Å². The number of amides is 1. The zero-order chi connectivity index (χ0) is 13.9. The summed E-state index contributed by atoms with van der Waals surface area (Å²) in [5.41, 5.74) is 0.305. The normalized spacial score (nSPS) is 11.3. The fourth-order valence-electron chi connectivity index (χ4n) is 1.25. The van der Waals surface area contributed by atoms with Crippen LogP contribution in [0.3, 0.4) is 0 Å². The molecule has 0 aliphatic heterocycles. The molecule has 1 aromatic carbocycles. The number of hydrogen-bond acceptors (Lipinski definition) is 3. The maximum absolute atomic E-state index is 13.0. The molecule has 1 aromatic rings. The smallest absolute Gasteiger partial charge is 0.253 e. The van der Waals surface area contributed by atoms with Crippen LogP contribution in [0, 0.1) is 5.82 Å². The molecule has 1 amide bonds. The van der Waals surface area contributed by atoms with Gasteiger partial charge >= 0.3 is 0 Å². The van der Waals surface area contributed by atoms with Crippen molar-refractivity contribution >= 4 is 31.7 Å². The van der Waals surface area contributed by atoms with E-state index < -0.39 is 15.7 Å². The summed E-state index contributed by atoms with van der Waals surface area (Å²) in [6.45, 7) is 0.104. The fraction of sp³-hybridized carbons (Fsp3) is 0.364. The van der Waals surface area contributed by atoms with E-state index in [0.717, 1.165) is 6.26 Å². The van der Waals surface area contributed by atoms with Crippen LogP contribution in [0.25, 0.3) is 0 Å². The zero-order valence-corrected chi connectivity index (χ0v) is 12.4. The van der Waals surface area contributed by atoms with Crippen molar-refractivity contribution in [1.29, 1.82) is 0 Å². The number of sulfone groups is 1. The Labute approximate surface area is 114 Å². The summed E-state index contributed by atoms with van der Waals surface area (Å²) in [5, 5.41) is 0. The van der Waals surface area contributed by atoms with Crippen LogP contribution >= 0.6 is 15.9 Å². The second kappa shape index (κ2) is 5.79. The minimum absolute atomic E-state index is 0.0996. The summed E-state index contributed by atoms with van der Waals surface area (Å²) in [6, 6.07) is 3.91. The highest BCUT2D eigenvalue weighted by atomic mass is 79.9. The van der Waals surface area contributed by atoms with E-state index in [4.69, 9.17) is 0 Å². The molecule has 0 fully saturated rings. The number of carbonyl (C=O) groups excluding carboxylic acids is 1. The van der Waals surface area contributed by atoms with E-state index in [2.05, 4.69) is 15.9 Å². The summed E-state index contributed by atoms with van der Waals surface area (Å²) in [5.74, 6) is -0.901. The van der Waals surface area contributed by atoms with Crippen molar-refractivity contribution < 1.29 is 17.6 Å². The molecule has 0 aliphatic carbocycles. The third-order valence-electron chi connectivity index (χ3n) is 2.31. The maximum atomic E-state index is 13.0. The monoisotopic (exact) mass is 337 g/mol. The first-order valence-corrected chi connectivity index (χ1v) is 7.94. The van der Waals surface area contributed by atoms with Crippen molar-refractivity contribution in [3.8, 4) is 0 Å². The molecule has 100 valence electrons. The average molecular weight is 338 g/mol. The largest absolute Gasteiger partial charge is 0.341 e. The third kappa shape index (κ3) is 4.38. The quantitative estimate of drug-likeness (QED) is 0.840. The summed E-state index contributed by atoms with van der Waals surface area (Å²) in [4.78, 5) is 13.2. The van der Waals surface area contributed by atoms with Crippen LogP contribution < -0.4 is 0 Å². The van der Waals surface area contributed by atoms with Gasteiger partial charge in [0.25, 0.3) is 5.91 Å². The molecular weight excluding hydrogens is 325 g/mol. The lowest BCUT2D eigenvalue weighted by Crippen LogP contribution is -2.31. The van der Waals surface area contributed by atoms with Gasteiger partial charge in [-0.2, -0.15) is 0 Å². The van der Waals surface area contributed by atoms with Gasteiger partial charge in [0, 0.05) is 25.4 Å². The van der Waals surface area contributed by atoms with Crippen molar-refractivity contribution in [1.82, 2.24) is 4.90 Å². The minimum atomic E-state index is -3.11. The van der Waals surface area contributed by atoms with Crippen molar-refractivity contribution in [3.05, 3.63) is 34.1 Å². The van der Waals surface area contributed by atoms with Crippen LogP contribution in [0.1, 0.15) is 10.4 Å². The minimum Gasteiger partial charge on any atom is -0.341 e. The van der Waals surface area contributed by atoms with E-state index in [1.165, 1.54) is 30.1 Å². The van der Waals surface area contributed by atoms with Gasteiger partial charge in [-0.3, -0.25) is 4.79 Å². The van der Waals surface area contributed by atoms with Crippen molar-refractivity contribution in [2.75, 3.05) is 25.6 Å². The molecule has 0 saturated heterocycles. The molecule has 0 atom stereocenters. The summed E-state index contributed by atoms with van der Waals surface area (Å²) in [6.07, 6.45) is 1.11. The standard InChI is InChI=1S/C11H13BrFNO3S/c1-14(5-6-18(2,16)17)11(15)8-3-4-10(13)9(12)7-8/h3-4,7H,5-6H2,1-2H3. The molecule has 0 heterocycles. The van der Waals surface area contributed by atoms with Crippen LogP contribution in [0.4, 0.5) is 4.39 Å². The molecule has 0 radical (unpaired) electrons. The lowest BCUT2D eigenvalue weighted by molar-refractivity contribution is 0.0803. The number of rotatable bonds is 4. The molecule has 0 bridgehead atoms. The highest BCUT2D eigenvalue weighted by molar-refractivity contribution is 9.10. The molecule has 0 spiro atoms. The Kier molecular flexibility index (Phi) is 4.86. The van der Waals surface area contributed by atoms with E-state index in [0.29, 0.717) is 5.56 Å². The van der Waals surface area contributed by atoms with Crippen molar-refractivity contribution in [3.63, 3.8) is 0 Å². The van der Waals surface area contributed by atoms with Crippen LogP contribution in [0.5, 0.6) is 0 Å². The Balaban J connectivity index is 2.77. The Morgan fingerprint density at radius 3 is 2.56 bits per heavy atom. The average Bonchev–Trinajstić information content (AvgIpc) is 2.27. The third-order valence-corrected chi connectivity index (χ3v) is 3.84. The molecule has 4 nitrogen and oxygen atoms in total. The number of hydrogen-bond donors (Lipinski definition) is 0. The van der Waals surface area contributed by atoms with E-state index in [9.17, 15) is 17.6 Å². The molecular formula is C11H13BrFNO3S. The number of carbonyl (C=O) groups is 1. The number of benzene rings is 1. The predicted octanol–water partition coefficient (Wildman–Crippen LogP) is 1.70. The highest BCUT2D eigenvalue weighted by Gasteiger charge is 2.14. The van der Waals surface area contributed by atoms with Gasteiger partial charge < -0.3 is 4.90 Å². The predicted molar refractivity (Wildman–Crippen MR) is 70.8 cm³/mol. The molecule has 1 rings (SSSR count). The number of nitrogens with zero attached hydrogens (tertiary/aromatic N) is 1. The molecule has 0 unspecified atom stereocenters. The van der Waals surface area contributed by atoms with Crippen molar-refractivity contribution in [2.24, 2.45) is 0 Å². The van der Waals surface area contributed by atoms with Crippen LogP contribution in [0.2, 0.25) is 0 Å². The summed E-state index contributed by atoms with van der Waals surface area (Å²) in [7, 11) is -1.61. The molecule has 0 aromatic heterocycles. The number of halogens is 2. The van der Waals surface area contributed by atoms with Gasteiger partial charge in [0.15, 0.2) is 0 Å². The lowest BCUT2D eigenvalue weighted by Gasteiger charge is -2.16. The molecule has 18 heavy (non-hydrogen) atoms. The first-order chi connectivity index (χ1) is 8.20. The molecule has 0 saturated carbocycles. The van der Waals surface area contributed by atoms with E-state index >= 15 is 0 Å². The summed E-state index contributed by atoms with van der Waals surface area (Å²) >= 11 is 2.99. The van der Waals surface area contributed by atoms with Gasteiger partial charge in [0.1, 0.15) is 15.7 Å². The fourth-order valence-corrected chi connectivity index (χ4v) is 2.24. The van der Waals surface area contributed by atoms with E-state index in [-0.39, 0.29) is 22.7 Å². The van der Waals surface area contributed by atoms with Gasteiger partial charge in [-0.1, -0.05) is 0 Å². The second-order valence-electron chi connectivity index (χ2n) is 3.99. The van der Waals surface area contributed by atoms with E-state index in [1.54, 1.807) is 0 Å². The second-order valence-corrected chi connectivity index (χ2v) is 7.10.